The molecule has 0 amide bonds. The van der Waals surface area contributed by atoms with Crippen molar-refractivity contribution in [1.29, 1.82) is 0 Å². The fourth-order valence-corrected chi connectivity index (χ4v) is 1.71. The van der Waals surface area contributed by atoms with Crippen LogP contribution in [0.3, 0.4) is 0 Å². The third-order valence-corrected chi connectivity index (χ3v) is 2.52. The number of imidazole rings is 1. The van der Waals surface area contributed by atoms with E-state index in [0.717, 1.165) is 11.8 Å². The van der Waals surface area contributed by atoms with E-state index < -0.39 is 0 Å². The van der Waals surface area contributed by atoms with Crippen LogP contribution in [0.1, 0.15) is 47.0 Å². The number of aromatic nitrogens is 2. The lowest BCUT2D eigenvalue weighted by atomic mass is 9.96. The smallest absolute Gasteiger partial charge is 0.0951 e. The maximum atomic E-state index is 4.12. The zero-order chi connectivity index (χ0) is 11.3. The summed E-state index contributed by atoms with van der Waals surface area (Å²) in [6, 6.07) is 1.50. The number of nitrogens with zero attached hydrogens (tertiary/aromatic N) is 2. The van der Waals surface area contributed by atoms with Crippen LogP contribution in [0.15, 0.2) is 18.7 Å². The lowest BCUT2D eigenvalue weighted by Gasteiger charge is -2.20. The monoisotopic (exact) mass is 207 g/mol. The zero-order valence-electron chi connectivity index (χ0n) is 10.4. The summed E-state index contributed by atoms with van der Waals surface area (Å²) >= 11 is 0. The number of hydrogen-bond donors (Lipinski definition) is 0. The molecule has 1 rings (SSSR count). The minimum absolute atomic E-state index is 0.717. The summed E-state index contributed by atoms with van der Waals surface area (Å²) in [6.45, 7) is 9.10. The van der Waals surface area contributed by atoms with Gasteiger partial charge in [0.1, 0.15) is 0 Å². The Balaban J connectivity index is 2.54. The standard InChI is InChI=1S/C13H23N2/c1-11(2)5-6-13(9-12(3)4)15-8-7-14-10-15/h7-8,10-12H,5-6,9H2,1-4H3. The van der Waals surface area contributed by atoms with Gasteiger partial charge in [-0.1, -0.05) is 27.7 Å². The quantitative estimate of drug-likeness (QED) is 0.694. The molecule has 1 aromatic heterocycles. The van der Waals surface area contributed by atoms with Gasteiger partial charge in [-0.05, 0) is 31.1 Å². The van der Waals surface area contributed by atoms with Crippen LogP contribution < -0.4 is 0 Å². The van der Waals surface area contributed by atoms with Gasteiger partial charge in [-0.3, -0.25) is 0 Å². The Morgan fingerprint density at radius 2 is 1.93 bits per heavy atom. The molecule has 0 aliphatic rings. The van der Waals surface area contributed by atoms with Gasteiger partial charge in [0.05, 0.1) is 12.4 Å². The van der Waals surface area contributed by atoms with Crippen molar-refractivity contribution >= 4 is 0 Å². The summed E-state index contributed by atoms with van der Waals surface area (Å²) in [7, 11) is 0. The fraction of sp³-hybridized carbons (Fsp3) is 0.692. The van der Waals surface area contributed by atoms with Crippen LogP contribution in [-0.2, 0) is 0 Å². The van der Waals surface area contributed by atoms with Gasteiger partial charge in [0.25, 0.3) is 0 Å². The van der Waals surface area contributed by atoms with Gasteiger partial charge < -0.3 is 4.57 Å². The molecule has 0 aromatic carbocycles. The number of hydrogen-bond acceptors (Lipinski definition) is 1. The van der Waals surface area contributed by atoms with Crippen LogP contribution in [0.25, 0.3) is 0 Å². The minimum Gasteiger partial charge on any atom is -0.329 e. The van der Waals surface area contributed by atoms with E-state index in [0.29, 0.717) is 0 Å². The van der Waals surface area contributed by atoms with E-state index >= 15 is 0 Å². The fourth-order valence-electron chi connectivity index (χ4n) is 1.71. The van der Waals surface area contributed by atoms with E-state index in [-0.39, 0.29) is 0 Å². The summed E-state index contributed by atoms with van der Waals surface area (Å²) < 4.78 is 2.18. The van der Waals surface area contributed by atoms with Crippen LogP contribution in [-0.4, -0.2) is 9.55 Å². The van der Waals surface area contributed by atoms with Crippen molar-refractivity contribution in [3.8, 4) is 0 Å². The highest BCUT2D eigenvalue weighted by Gasteiger charge is 2.13. The molecular weight excluding hydrogens is 184 g/mol. The molecule has 2 heteroatoms. The molecule has 0 N–H and O–H groups in total. The molecule has 0 saturated heterocycles. The molecule has 0 aliphatic carbocycles. The van der Waals surface area contributed by atoms with Crippen LogP contribution in [0.2, 0.25) is 0 Å². The van der Waals surface area contributed by atoms with E-state index in [9.17, 15) is 0 Å². The molecule has 0 fully saturated rings. The third-order valence-electron chi connectivity index (χ3n) is 2.52. The van der Waals surface area contributed by atoms with E-state index in [2.05, 4.69) is 43.4 Å². The van der Waals surface area contributed by atoms with Gasteiger partial charge in [0.2, 0.25) is 0 Å². The largest absolute Gasteiger partial charge is 0.329 e. The second-order valence-electron chi connectivity index (χ2n) is 5.07. The highest BCUT2D eigenvalue weighted by atomic mass is 15.0. The van der Waals surface area contributed by atoms with E-state index in [1.807, 2.05) is 12.5 Å². The van der Waals surface area contributed by atoms with Crippen LogP contribution in [0.5, 0.6) is 0 Å². The van der Waals surface area contributed by atoms with E-state index in [1.54, 1.807) is 0 Å². The van der Waals surface area contributed by atoms with Gasteiger partial charge in [-0.25, -0.2) is 4.98 Å². The van der Waals surface area contributed by atoms with Crippen molar-refractivity contribution < 1.29 is 0 Å². The maximum Gasteiger partial charge on any atom is 0.0951 e. The van der Waals surface area contributed by atoms with Crippen molar-refractivity contribution in [1.82, 2.24) is 9.55 Å². The Morgan fingerprint density at radius 3 is 2.40 bits per heavy atom. The summed E-state index contributed by atoms with van der Waals surface area (Å²) in [5.41, 5.74) is 0. The first-order valence-electron chi connectivity index (χ1n) is 5.92. The van der Waals surface area contributed by atoms with Crippen molar-refractivity contribution in [3.63, 3.8) is 0 Å². The number of rotatable bonds is 6. The summed E-state index contributed by atoms with van der Waals surface area (Å²) in [4.78, 5) is 4.12. The predicted octanol–water partition coefficient (Wildman–Crippen LogP) is 3.75. The van der Waals surface area contributed by atoms with Gasteiger partial charge in [-0.15, -0.1) is 0 Å². The average molecular weight is 207 g/mol. The van der Waals surface area contributed by atoms with Gasteiger partial charge in [0, 0.05) is 12.4 Å². The van der Waals surface area contributed by atoms with E-state index in [4.69, 9.17) is 0 Å². The first-order valence-corrected chi connectivity index (χ1v) is 5.92. The highest BCUT2D eigenvalue weighted by molar-refractivity contribution is 4.97. The van der Waals surface area contributed by atoms with Gasteiger partial charge in [0.15, 0.2) is 0 Å². The zero-order valence-corrected chi connectivity index (χ0v) is 10.4. The van der Waals surface area contributed by atoms with Gasteiger partial charge >= 0.3 is 0 Å². The molecule has 2 nitrogen and oxygen atoms in total. The molecule has 1 radical (unpaired) electrons. The molecular formula is C13H23N2. The Hall–Kier alpha value is -0.790. The van der Waals surface area contributed by atoms with Crippen molar-refractivity contribution in [2.45, 2.75) is 47.0 Å². The third kappa shape index (κ3) is 4.50. The van der Waals surface area contributed by atoms with Crippen molar-refractivity contribution in [2.75, 3.05) is 0 Å². The predicted molar refractivity (Wildman–Crippen MR) is 64.4 cm³/mol. The summed E-state index contributed by atoms with van der Waals surface area (Å²) in [5, 5.41) is 0. The molecule has 0 saturated carbocycles. The molecule has 0 spiro atoms. The summed E-state index contributed by atoms with van der Waals surface area (Å²) in [6.07, 6.45) is 9.45. The Labute approximate surface area is 93.7 Å². The molecule has 0 bridgehead atoms. The van der Waals surface area contributed by atoms with E-state index in [1.165, 1.54) is 25.3 Å². The molecule has 0 unspecified atom stereocenters. The Kier molecular flexibility index (Phi) is 4.86. The SMILES string of the molecule is CC(C)CC[C](CC(C)C)n1ccnc1. The average Bonchev–Trinajstić information content (AvgIpc) is 2.63. The Morgan fingerprint density at radius 1 is 1.20 bits per heavy atom. The molecule has 1 aromatic rings. The van der Waals surface area contributed by atoms with Crippen LogP contribution in [0.4, 0.5) is 0 Å². The molecule has 0 aliphatic heterocycles. The lowest BCUT2D eigenvalue weighted by molar-refractivity contribution is 0.473. The normalized spacial score (nSPS) is 11.9. The van der Waals surface area contributed by atoms with Crippen molar-refractivity contribution in [3.05, 3.63) is 24.8 Å². The minimum atomic E-state index is 0.717. The second-order valence-corrected chi connectivity index (χ2v) is 5.07. The molecule has 1 heterocycles. The van der Waals surface area contributed by atoms with Crippen LogP contribution in [0, 0.1) is 17.9 Å². The first kappa shape index (κ1) is 12.3. The first-order chi connectivity index (χ1) is 7.09. The molecule has 0 atom stereocenters. The molecule has 15 heavy (non-hydrogen) atoms. The second kappa shape index (κ2) is 5.94. The van der Waals surface area contributed by atoms with Crippen molar-refractivity contribution in [2.24, 2.45) is 11.8 Å². The highest BCUT2D eigenvalue weighted by Crippen LogP contribution is 2.23. The molecule has 85 valence electrons. The Bertz CT molecular complexity index is 250. The maximum absolute atomic E-state index is 4.12. The van der Waals surface area contributed by atoms with Gasteiger partial charge in [-0.2, -0.15) is 0 Å². The topological polar surface area (TPSA) is 17.8 Å². The van der Waals surface area contributed by atoms with Crippen LogP contribution >= 0.6 is 0 Å². The summed E-state index contributed by atoms with van der Waals surface area (Å²) in [5.74, 6) is 1.49. The lowest BCUT2D eigenvalue weighted by Crippen LogP contribution is -2.12.